The number of hydrogen-bond acceptors (Lipinski definition) is 3. The summed E-state index contributed by atoms with van der Waals surface area (Å²) in [5.41, 5.74) is 0.415. The summed E-state index contributed by atoms with van der Waals surface area (Å²) in [5.74, 6) is -3.24. The van der Waals surface area contributed by atoms with Crippen LogP contribution < -0.4 is 5.32 Å². The number of esters is 1. The second kappa shape index (κ2) is 8.37. The maximum Gasteiger partial charge on any atom is 0.307 e. The van der Waals surface area contributed by atoms with Crippen LogP contribution in [-0.2, 0) is 14.3 Å². The number of nitrogens with one attached hydrogen (secondary N) is 1. The molecule has 0 aromatic heterocycles. The summed E-state index contributed by atoms with van der Waals surface area (Å²) >= 11 is 0. The number of amides is 1. The summed E-state index contributed by atoms with van der Waals surface area (Å²) in [6.45, 7) is 3.22. The molecule has 2 aromatic rings. The van der Waals surface area contributed by atoms with Gasteiger partial charge in [-0.05, 0) is 30.5 Å². The van der Waals surface area contributed by atoms with Gasteiger partial charge in [-0.25, -0.2) is 8.78 Å². The highest BCUT2D eigenvalue weighted by atomic mass is 19.1. The van der Waals surface area contributed by atoms with Crippen LogP contribution in [0.3, 0.4) is 0 Å². The van der Waals surface area contributed by atoms with Gasteiger partial charge in [-0.15, -0.1) is 0 Å². The lowest BCUT2D eigenvalue weighted by atomic mass is 9.98. The Balaban J connectivity index is 1.91. The van der Waals surface area contributed by atoms with E-state index in [4.69, 9.17) is 4.74 Å². The normalized spacial score (nSPS) is 13.0. The molecule has 4 nitrogen and oxygen atoms in total. The largest absolute Gasteiger partial charge is 0.453 e. The van der Waals surface area contributed by atoms with Gasteiger partial charge in [0.1, 0.15) is 17.3 Å². The number of ether oxygens (including phenoxy) is 1. The van der Waals surface area contributed by atoms with Gasteiger partial charge in [-0.2, -0.15) is 0 Å². The van der Waals surface area contributed by atoms with Gasteiger partial charge < -0.3 is 10.1 Å². The molecule has 0 fully saturated rings. The topological polar surface area (TPSA) is 55.4 Å². The van der Waals surface area contributed by atoms with Crippen molar-refractivity contribution in [3.05, 3.63) is 65.7 Å². The maximum absolute atomic E-state index is 13.5. The van der Waals surface area contributed by atoms with E-state index in [1.165, 1.54) is 13.0 Å². The third-order valence-electron chi connectivity index (χ3n) is 3.73. The number of carbonyl (C=O) groups is 2. The lowest BCUT2D eigenvalue weighted by molar-refractivity contribution is -0.153. The Morgan fingerprint density at radius 3 is 2.20 bits per heavy atom. The molecule has 132 valence electrons. The smallest absolute Gasteiger partial charge is 0.307 e. The third kappa shape index (κ3) is 5.11. The van der Waals surface area contributed by atoms with Crippen LogP contribution in [0.25, 0.3) is 0 Å². The molecule has 0 saturated heterocycles. The van der Waals surface area contributed by atoms with Gasteiger partial charge in [0.2, 0.25) is 0 Å². The standard InChI is InChI=1S/C19H19F2NO3/c1-12(14-7-4-3-5-8-14)11-17(23)25-13(2)19(24)22-18-15(20)9-6-10-16(18)21/h3-10,12-13H,11H2,1-2H3,(H,22,24)/t12-,13-/m1/s1. The first kappa shape index (κ1) is 18.6. The van der Waals surface area contributed by atoms with E-state index in [2.05, 4.69) is 5.32 Å². The van der Waals surface area contributed by atoms with Gasteiger partial charge in [-0.3, -0.25) is 9.59 Å². The number of anilines is 1. The monoisotopic (exact) mass is 347 g/mol. The summed E-state index contributed by atoms with van der Waals surface area (Å²) in [4.78, 5) is 24.0. The number of rotatable bonds is 6. The van der Waals surface area contributed by atoms with E-state index in [0.29, 0.717) is 0 Å². The van der Waals surface area contributed by atoms with Crippen molar-refractivity contribution in [1.82, 2.24) is 0 Å². The summed E-state index contributed by atoms with van der Waals surface area (Å²) in [6, 6.07) is 12.7. The van der Waals surface area contributed by atoms with Crippen LogP contribution in [0, 0.1) is 11.6 Å². The minimum absolute atomic E-state index is 0.0760. The fourth-order valence-corrected chi connectivity index (χ4v) is 2.29. The number of benzene rings is 2. The highest BCUT2D eigenvalue weighted by Gasteiger charge is 2.22. The molecule has 0 heterocycles. The Morgan fingerprint density at radius 1 is 1.00 bits per heavy atom. The van der Waals surface area contributed by atoms with Crippen molar-refractivity contribution < 1.29 is 23.1 Å². The molecule has 0 aliphatic heterocycles. The zero-order chi connectivity index (χ0) is 18.4. The lowest BCUT2D eigenvalue weighted by Gasteiger charge is -2.16. The molecule has 0 aliphatic rings. The van der Waals surface area contributed by atoms with E-state index >= 15 is 0 Å². The number of para-hydroxylation sites is 1. The fraction of sp³-hybridized carbons (Fsp3) is 0.263. The molecule has 25 heavy (non-hydrogen) atoms. The molecule has 1 amide bonds. The molecule has 2 atom stereocenters. The minimum atomic E-state index is -1.17. The number of carbonyl (C=O) groups excluding carboxylic acids is 2. The van der Waals surface area contributed by atoms with Gasteiger partial charge in [0.25, 0.3) is 5.91 Å². The van der Waals surface area contributed by atoms with Gasteiger partial charge in [0, 0.05) is 0 Å². The van der Waals surface area contributed by atoms with Gasteiger partial charge in [0.15, 0.2) is 6.10 Å². The summed E-state index contributed by atoms with van der Waals surface area (Å²) in [7, 11) is 0. The average Bonchev–Trinajstić information content (AvgIpc) is 2.58. The van der Waals surface area contributed by atoms with E-state index in [9.17, 15) is 18.4 Å². The van der Waals surface area contributed by atoms with E-state index < -0.39 is 35.3 Å². The second-order valence-electron chi connectivity index (χ2n) is 5.73. The maximum atomic E-state index is 13.5. The Labute approximate surface area is 144 Å². The summed E-state index contributed by atoms with van der Waals surface area (Å²) in [6.07, 6.45) is -1.08. The molecule has 0 saturated carbocycles. The first-order chi connectivity index (χ1) is 11.9. The van der Waals surface area contributed by atoms with Crippen LogP contribution in [0.1, 0.15) is 31.7 Å². The molecule has 1 N–H and O–H groups in total. The Bertz CT molecular complexity index is 729. The molecule has 2 aromatic carbocycles. The average molecular weight is 347 g/mol. The van der Waals surface area contributed by atoms with Crippen molar-refractivity contribution in [3.63, 3.8) is 0 Å². The Hall–Kier alpha value is -2.76. The molecular formula is C19H19F2NO3. The predicted octanol–water partition coefficient (Wildman–Crippen LogP) is 4.03. The molecule has 6 heteroatoms. The van der Waals surface area contributed by atoms with E-state index in [0.717, 1.165) is 17.7 Å². The van der Waals surface area contributed by atoms with Crippen molar-refractivity contribution in [2.24, 2.45) is 0 Å². The zero-order valence-corrected chi connectivity index (χ0v) is 14.0. The third-order valence-corrected chi connectivity index (χ3v) is 3.73. The first-order valence-electron chi connectivity index (χ1n) is 7.87. The quantitative estimate of drug-likeness (QED) is 0.803. The molecule has 0 radical (unpaired) electrons. The molecule has 0 spiro atoms. The minimum Gasteiger partial charge on any atom is -0.453 e. The molecule has 0 unspecified atom stereocenters. The first-order valence-corrected chi connectivity index (χ1v) is 7.87. The lowest BCUT2D eigenvalue weighted by Crippen LogP contribution is -2.31. The van der Waals surface area contributed by atoms with Crippen molar-refractivity contribution in [2.45, 2.75) is 32.3 Å². The molecule has 0 aliphatic carbocycles. The fourth-order valence-electron chi connectivity index (χ4n) is 2.29. The van der Waals surface area contributed by atoms with E-state index in [1.807, 2.05) is 37.3 Å². The summed E-state index contributed by atoms with van der Waals surface area (Å²) in [5, 5.41) is 2.10. The van der Waals surface area contributed by atoms with Crippen molar-refractivity contribution in [1.29, 1.82) is 0 Å². The van der Waals surface area contributed by atoms with Crippen LogP contribution in [-0.4, -0.2) is 18.0 Å². The van der Waals surface area contributed by atoms with Crippen molar-refractivity contribution >= 4 is 17.6 Å². The summed E-state index contributed by atoms with van der Waals surface area (Å²) < 4.78 is 32.1. The Morgan fingerprint density at radius 2 is 1.60 bits per heavy atom. The van der Waals surface area contributed by atoms with Crippen LogP contribution in [0.5, 0.6) is 0 Å². The second-order valence-corrected chi connectivity index (χ2v) is 5.73. The van der Waals surface area contributed by atoms with Crippen LogP contribution in [0.4, 0.5) is 14.5 Å². The van der Waals surface area contributed by atoms with Crippen LogP contribution in [0.2, 0.25) is 0 Å². The van der Waals surface area contributed by atoms with Gasteiger partial charge in [-0.1, -0.05) is 43.3 Å². The molecular weight excluding hydrogens is 328 g/mol. The van der Waals surface area contributed by atoms with Gasteiger partial charge in [0.05, 0.1) is 6.42 Å². The predicted molar refractivity (Wildman–Crippen MR) is 90.0 cm³/mol. The SMILES string of the molecule is C[C@H](CC(=O)O[C@H](C)C(=O)Nc1c(F)cccc1F)c1ccccc1. The Kier molecular flexibility index (Phi) is 6.22. The highest BCUT2D eigenvalue weighted by molar-refractivity contribution is 5.95. The van der Waals surface area contributed by atoms with E-state index in [1.54, 1.807) is 0 Å². The molecule has 2 rings (SSSR count). The van der Waals surface area contributed by atoms with Gasteiger partial charge >= 0.3 is 5.97 Å². The number of hydrogen-bond donors (Lipinski definition) is 1. The zero-order valence-electron chi connectivity index (χ0n) is 14.0. The van der Waals surface area contributed by atoms with Crippen LogP contribution >= 0.6 is 0 Å². The number of halogens is 2. The van der Waals surface area contributed by atoms with Crippen molar-refractivity contribution in [3.8, 4) is 0 Å². The highest BCUT2D eigenvalue weighted by Crippen LogP contribution is 2.20. The van der Waals surface area contributed by atoms with E-state index in [-0.39, 0.29) is 12.3 Å². The van der Waals surface area contributed by atoms with Crippen LogP contribution in [0.15, 0.2) is 48.5 Å². The van der Waals surface area contributed by atoms with Crippen molar-refractivity contribution in [2.75, 3.05) is 5.32 Å². The molecule has 0 bridgehead atoms.